The normalized spacial score (nSPS) is 13.8. The van der Waals surface area contributed by atoms with Gasteiger partial charge in [0.25, 0.3) is 0 Å². The minimum atomic E-state index is 0.0223. The Morgan fingerprint density at radius 1 is 1.29 bits per heavy atom. The molecule has 0 aliphatic rings. The van der Waals surface area contributed by atoms with Gasteiger partial charge >= 0.3 is 0 Å². The van der Waals surface area contributed by atoms with Crippen LogP contribution in [0, 0.1) is 11.3 Å². The molecule has 0 rings (SSSR count). The highest BCUT2D eigenvalue weighted by Gasteiger charge is 2.21. The van der Waals surface area contributed by atoms with E-state index in [0.717, 1.165) is 6.54 Å². The number of amides is 1. The summed E-state index contributed by atoms with van der Waals surface area (Å²) in [5.74, 6) is 0.611. The molecule has 0 saturated heterocycles. The van der Waals surface area contributed by atoms with Gasteiger partial charge in [0.15, 0.2) is 0 Å². The van der Waals surface area contributed by atoms with Crippen LogP contribution < -0.4 is 10.6 Å². The number of rotatable bonds is 8. The molecule has 1 atom stereocenters. The van der Waals surface area contributed by atoms with Gasteiger partial charge < -0.3 is 15.4 Å². The number of hydrogen-bond donors (Lipinski definition) is 2. The van der Waals surface area contributed by atoms with Crippen molar-refractivity contribution in [2.45, 2.75) is 40.7 Å². The molecule has 0 aromatic heterocycles. The highest BCUT2D eigenvalue weighted by Crippen LogP contribution is 2.24. The van der Waals surface area contributed by atoms with Crippen LogP contribution in [-0.4, -0.2) is 38.8 Å². The van der Waals surface area contributed by atoms with Crippen molar-refractivity contribution in [2.24, 2.45) is 11.3 Å². The summed E-state index contributed by atoms with van der Waals surface area (Å²) in [5.41, 5.74) is 0.207. The Morgan fingerprint density at radius 2 is 1.88 bits per heavy atom. The van der Waals surface area contributed by atoms with Crippen molar-refractivity contribution < 1.29 is 9.53 Å². The molecule has 0 saturated carbocycles. The molecule has 0 aliphatic heterocycles. The van der Waals surface area contributed by atoms with E-state index < -0.39 is 0 Å². The van der Waals surface area contributed by atoms with Crippen molar-refractivity contribution in [3.63, 3.8) is 0 Å². The van der Waals surface area contributed by atoms with Gasteiger partial charge in [-0.2, -0.15) is 0 Å². The Balaban J connectivity index is 3.79. The molecule has 0 bridgehead atoms. The molecule has 17 heavy (non-hydrogen) atoms. The topological polar surface area (TPSA) is 50.4 Å². The molecule has 2 N–H and O–H groups in total. The fourth-order valence-electron chi connectivity index (χ4n) is 1.32. The molecule has 0 heterocycles. The highest BCUT2D eigenvalue weighted by molar-refractivity contribution is 5.78. The van der Waals surface area contributed by atoms with Crippen molar-refractivity contribution in [3.05, 3.63) is 0 Å². The molecule has 1 unspecified atom stereocenters. The monoisotopic (exact) mass is 244 g/mol. The van der Waals surface area contributed by atoms with Crippen molar-refractivity contribution >= 4 is 5.91 Å². The number of hydrogen-bond acceptors (Lipinski definition) is 3. The molecule has 102 valence electrons. The lowest BCUT2D eigenvalue weighted by molar-refractivity contribution is -0.121. The quantitative estimate of drug-likeness (QED) is 0.679. The van der Waals surface area contributed by atoms with E-state index in [0.29, 0.717) is 19.1 Å². The van der Waals surface area contributed by atoms with Crippen molar-refractivity contribution in [1.82, 2.24) is 10.6 Å². The molecule has 0 spiro atoms. The predicted molar refractivity (Wildman–Crippen MR) is 71.0 cm³/mol. The van der Waals surface area contributed by atoms with Gasteiger partial charge in [0.05, 0.1) is 13.2 Å². The lowest BCUT2D eigenvalue weighted by Crippen LogP contribution is -2.43. The molecule has 4 nitrogen and oxygen atoms in total. The Kier molecular flexibility index (Phi) is 7.39. The first-order valence-corrected chi connectivity index (χ1v) is 6.28. The van der Waals surface area contributed by atoms with Gasteiger partial charge in [0.1, 0.15) is 0 Å². The van der Waals surface area contributed by atoms with Crippen LogP contribution in [0.15, 0.2) is 0 Å². The fraction of sp³-hybridized carbons (Fsp3) is 0.923. The maximum Gasteiger partial charge on any atom is 0.234 e. The van der Waals surface area contributed by atoms with E-state index >= 15 is 0 Å². The molecular weight excluding hydrogens is 216 g/mol. The van der Waals surface area contributed by atoms with Crippen LogP contribution in [0.1, 0.15) is 34.6 Å². The molecule has 0 aliphatic carbocycles. The lowest BCUT2D eigenvalue weighted by atomic mass is 9.81. The summed E-state index contributed by atoms with van der Waals surface area (Å²) in [7, 11) is 1.63. The highest BCUT2D eigenvalue weighted by atomic mass is 16.5. The summed E-state index contributed by atoms with van der Waals surface area (Å²) in [6.45, 7) is 12.5. The minimum absolute atomic E-state index is 0.0223. The first kappa shape index (κ1) is 16.4. The van der Waals surface area contributed by atoms with Gasteiger partial charge in [0, 0.05) is 19.7 Å². The van der Waals surface area contributed by atoms with Crippen LogP contribution in [0.4, 0.5) is 0 Å². The molecule has 0 radical (unpaired) electrons. The largest absolute Gasteiger partial charge is 0.383 e. The third-order valence-electron chi connectivity index (χ3n) is 3.25. The lowest BCUT2D eigenvalue weighted by Gasteiger charge is -2.29. The van der Waals surface area contributed by atoms with Gasteiger partial charge in [-0.1, -0.05) is 27.7 Å². The van der Waals surface area contributed by atoms with Gasteiger partial charge in [-0.15, -0.1) is 0 Å². The van der Waals surface area contributed by atoms with Crippen molar-refractivity contribution in [2.75, 3.05) is 26.8 Å². The van der Waals surface area contributed by atoms with Crippen LogP contribution >= 0.6 is 0 Å². The second-order valence-corrected chi connectivity index (χ2v) is 5.67. The number of nitrogens with one attached hydrogen (secondary N) is 2. The summed E-state index contributed by atoms with van der Waals surface area (Å²) in [6.07, 6.45) is 0. The van der Waals surface area contributed by atoms with Crippen molar-refractivity contribution in [3.8, 4) is 0 Å². The average molecular weight is 244 g/mol. The number of carbonyl (C=O) groups is 1. The third kappa shape index (κ3) is 7.34. The predicted octanol–water partition coefficient (Wildman–Crippen LogP) is 1.41. The van der Waals surface area contributed by atoms with E-state index in [1.807, 2.05) is 6.92 Å². The van der Waals surface area contributed by atoms with Crippen LogP contribution in [0.2, 0.25) is 0 Å². The molecule has 0 aromatic rings. The van der Waals surface area contributed by atoms with Crippen molar-refractivity contribution in [1.29, 1.82) is 0 Å². The Labute approximate surface area is 105 Å². The maximum absolute atomic E-state index is 11.6. The number of ether oxygens (including phenoxy) is 1. The van der Waals surface area contributed by atoms with E-state index in [9.17, 15) is 4.79 Å². The Bertz CT molecular complexity index is 227. The fourth-order valence-corrected chi connectivity index (χ4v) is 1.32. The zero-order chi connectivity index (χ0) is 13.5. The third-order valence-corrected chi connectivity index (χ3v) is 3.25. The van der Waals surface area contributed by atoms with Gasteiger partial charge in [-0.05, 0) is 18.3 Å². The Morgan fingerprint density at radius 3 is 2.35 bits per heavy atom. The molecule has 0 aromatic carbocycles. The smallest absolute Gasteiger partial charge is 0.234 e. The average Bonchev–Trinajstić information content (AvgIpc) is 2.16. The van der Waals surface area contributed by atoms with Crippen LogP contribution in [0.5, 0.6) is 0 Å². The standard InChI is InChI=1S/C13H28N2O2/c1-10(2)13(4,5)9-14-7-12(16)15-11(3)8-17-6/h10-11,14H,7-9H2,1-6H3,(H,15,16). The molecular formula is C13H28N2O2. The Hall–Kier alpha value is -0.610. The molecule has 4 heteroatoms. The first-order chi connectivity index (χ1) is 7.79. The summed E-state index contributed by atoms with van der Waals surface area (Å²) in [5, 5.41) is 6.07. The van der Waals surface area contributed by atoms with E-state index in [1.165, 1.54) is 0 Å². The maximum atomic E-state index is 11.6. The summed E-state index contributed by atoms with van der Waals surface area (Å²) < 4.78 is 4.96. The second kappa shape index (κ2) is 7.67. The van der Waals surface area contributed by atoms with Crippen LogP contribution in [-0.2, 0) is 9.53 Å². The van der Waals surface area contributed by atoms with Crippen LogP contribution in [0.25, 0.3) is 0 Å². The van der Waals surface area contributed by atoms with E-state index in [-0.39, 0.29) is 17.4 Å². The zero-order valence-corrected chi connectivity index (χ0v) is 12.1. The first-order valence-electron chi connectivity index (χ1n) is 6.28. The van der Waals surface area contributed by atoms with Crippen LogP contribution in [0.3, 0.4) is 0 Å². The zero-order valence-electron chi connectivity index (χ0n) is 12.1. The summed E-state index contributed by atoms with van der Waals surface area (Å²) in [4.78, 5) is 11.6. The van der Waals surface area contributed by atoms with Gasteiger partial charge in [-0.3, -0.25) is 4.79 Å². The molecule has 0 fully saturated rings. The summed E-state index contributed by atoms with van der Waals surface area (Å²) in [6, 6.07) is 0.0624. The van der Waals surface area contributed by atoms with E-state index in [2.05, 4.69) is 38.3 Å². The second-order valence-electron chi connectivity index (χ2n) is 5.67. The number of carbonyl (C=O) groups excluding carboxylic acids is 1. The SMILES string of the molecule is COCC(C)NC(=O)CNCC(C)(C)C(C)C. The van der Waals surface area contributed by atoms with Gasteiger partial charge in [0.2, 0.25) is 5.91 Å². The van der Waals surface area contributed by atoms with E-state index in [4.69, 9.17) is 4.74 Å². The van der Waals surface area contributed by atoms with E-state index in [1.54, 1.807) is 7.11 Å². The molecule has 1 amide bonds. The summed E-state index contributed by atoms with van der Waals surface area (Å²) >= 11 is 0. The number of methoxy groups -OCH3 is 1. The van der Waals surface area contributed by atoms with Gasteiger partial charge in [-0.25, -0.2) is 0 Å². The minimum Gasteiger partial charge on any atom is -0.383 e.